The van der Waals surface area contributed by atoms with Crippen LogP contribution in [-0.2, 0) is 9.53 Å². The summed E-state index contributed by atoms with van der Waals surface area (Å²) in [5, 5.41) is 0. The van der Waals surface area contributed by atoms with Gasteiger partial charge in [0, 0.05) is 6.42 Å². The van der Waals surface area contributed by atoms with Gasteiger partial charge in [-0.25, -0.2) is 0 Å². The second-order valence-corrected chi connectivity index (χ2v) is 4.91. The fraction of sp³-hybridized carbons (Fsp3) is 0.706. The van der Waals surface area contributed by atoms with Crippen LogP contribution in [0.25, 0.3) is 0 Å². The van der Waals surface area contributed by atoms with Gasteiger partial charge in [0.25, 0.3) is 0 Å². The molecule has 0 N–H and O–H groups in total. The average molecular weight is 266 g/mol. The Morgan fingerprint density at radius 2 is 1.58 bits per heavy atom. The molecule has 0 fully saturated rings. The zero-order valence-corrected chi connectivity index (χ0v) is 12.7. The SMILES string of the molecule is CCCCC/C=C\C=C/OC(=O)CCCCCCC. The van der Waals surface area contributed by atoms with Crippen molar-refractivity contribution < 1.29 is 9.53 Å². The topological polar surface area (TPSA) is 26.3 Å². The highest BCUT2D eigenvalue weighted by Gasteiger charge is 1.99. The number of hydrogen-bond acceptors (Lipinski definition) is 2. The normalized spacial score (nSPS) is 11.5. The van der Waals surface area contributed by atoms with E-state index in [0.717, 1.165) is 19.3 Å². The zero-order chi connectivity index (χ0) is 14.2. The van der Waals surface area contributed by atoms with E-state index in [0.29, 0.717) is 6.42 Å². The van der Waals surface area contributed by atoms with Crippen molar-refractivity contribution in [2.75, 3.05) is 0 Å². The van der Waals surface area contributed by atoms with Gasteiger partial charge in [0.2, 0.25) is 0 Å². The van der Waals surface area contributed by atoms with E-state index in [4.69, 9.17) is 4.74 Å². The van der Waals surface area contributed by atoms with Crippen LogP contribution in [0.4, 0.5) is 0 Å². The first-order valence-corrected chi connectivity index (χ1v) is 7.82. The number of allylic oxidation sites excluding steroid dienone is 3. The Balaban J connectivity index is 3.40. The first kappa shape index (κ1) is 17.9. The van der Waals surface area contributed by atoms with Gasteiger partial charge in [-0.2, -0.15) is 0 Å². The van der Waals surface area contributed by atoms with E-state index in [1.807, 2.05) is 6.08 Å². The number of ether oxygens (including phenoxy) is 1. The van der Waals surface area contributed by atoms with Crippen LogP contribution in [0.1, 0.15) is 78.1 Å². The summed E-state index contributed by atoms with van der Waals surface area (Å²) in [7, 11) is 0. The number of hydrogen-bond donors (Lipinski definition) is 0. The summed E-state index contributed by atoms with van der Waals surface area (Å²) >= 11 is 0. The summed E-state index contributed by atoms with van der Waals surface area (Å²) in [6.45, 7) is 4.39. The molecule has 2 nitrogen and oxygen atoms in total. The highest BCUT2D eigenvalue weighted by Crippen LogP contribution is 2.05. The maximum Gasteiger partial charge on any atom is 0.310 e. The van der Waals surface area contributed by atoms with Gasteiger partial charge in [0.05, 0.1) is 6.26 Å². The molecule has 110 valence electrons. The lowest BCUT2D eigenvalue weighted by Crippen LogP contribution is -1.98. The summed E-state index contributed by atoms with van der Waals surface area (Å²) in [6.07, 6.45) is 18.5. The number of carbonyl (C=O) groups is 1. The Bertz CT molecular complexity index is 254. The van der Waals surface area contributed by atoms with Crippen LogP contribution in [-0.4, -0.2) is 5.97 Å². The van der Waals surface area contributed by atoms with Gasteiger partial charge in [-0.1, -0.05) is 64.5 Å². The molecule has 0 amide bonds. The van der Waals surface area contributed by atoms with Crippen LogP contribution in [0, 0.1) is 0 Å². The van der Waals surface area contributed by atoms with Gasteiger partial charge in [-0.3, -0.25) is 4.79 Å². The Morgan fingerprint density at radius 3 is 2.32 bits per heavy atom. The predicted molar refractivity (Wildman–Crippen MR) is 81.9 cm³/mol. The molecule has 0 aromatic carbocycles. The third-order valence-electron chi connectivity index (χ3n) is 2.98. The molecule has 0 heterocycles. The molecule has 0 aliphatic carbocycles. The van der Waals surface area contributed by atoms with Gasteiger partial charge in [0.15, 0.2) is 0 Å². The molecule has 0 aromatic heterocycles. The molecule has 19 heavy (non-hydrogen) atoms. The summed E-state index contributed by atoms with van der Waals surface area (Å²) in [6, 6.07) is 0. The number of unbranched alkanes of at least 4 members (excludes halogenated alkanes) is 7. The Kier molecular flexibility index (Phi) is 14.2. The van der Waals surface area contributed by atoms with Crippen molar-refractivity contribution in [3.63, 3.8) is 0 Å². The lowest BCUT2D eigenvalue weighted by molar-refractivity contribution is -0.138. The van der Waals surface area contributed by atoms with E-state index in [-0.39, 0.29) is 5.97 Å². The van der Waals surface area contributed by atoms with Crippen LogP contribution in [0.3, 0.4) is 0 Å². The van der Waals surface area contributed by atoms with Gasteiger partial charge < -0.3 is 4.74 Å². The smallest absolute Gasteiger partial charge is 0.310 e. The second kappa shape index (κ2) is 15.0. The molecule has 0 bridgehead atoms. The van der Waals surface area contributed by atoms with Crippen LogP contribution >= 0.6 is 0 Å². The number of rotatable bonds is 12. The highest BCUT2D eigenvalue weighted by molar-refractivity contribution is 5.69. The average Bonchev–Trinajstić information content (AvgIpc) is 2.41. The molecule has 0 aliphatic heterocycles. The summed E-state index contributed by atoms with van der Waals surface area (Å²) in [4.78, 5) is 11.4. The largest absolute Gasteiger partial charge is 0.434 e. The van der Waals surface area contributed by atoms with E-state index in [1.165, 1.54) is 44.8 Å². The summed E-state index contributed by atoms with van der Waals surface area (Å²) in [5.74, 6) is -0.118. The number of carbonyl (C=O) groups excluding carboxylic acids is 1. The molecule has 0 atom stereocenters. The van der Waals surface area contributed by atoms with E-state index >= 15 is 0 Å². The van der Waals surface area contributed by atoms with Gasteiger partial charge in [0.1, 0.15) is 0 Å². The second-order valence-electron chi connectivity index (χ2n) is 4.91. The quantitative estimate of drug-likeness (QED) is 0.201. The lowest BCUT2D eigenvalue weighted by atomic mass is 10.1. The predicted octanol–water partition coefficient (Wildman–Crippen LogP) is 5.54. The molecule has 0 saturated carbocycles. The van der Waals surface area contributed by atoms with E-state index in [1.54, 1.807) is 6.08 Å². The van der Waals surface area contributed by atoms with Crippen LogP contribution in [0.2, 0.25) is 0 Å². The fourth-order valence-electron chi connectivity index (χ4n) is 1.78. The summed E-state index contributed by atoms with van der Waals surface area (Å²) < 4.78 is 5.01. The molecule has 0 radical (unpaired) electrons. The Labute approximate surface area is 118 Å². The van der Waals surface area contributed by atoms with Crippen LogP contribution in [0.5, 0.6) is 0 Å². The number of esters is 1. The fourth-order valence-corrected chi connectivity index (χ4v) is 1.78. The first-order chi connectivity index (χ1) is 9.31. The monoisotopic (exact) mass is 266 g/mol. The molecule has 0 aliphatic rings. The highest BCUT2D eigenvalue weighted by atomic mass is 16.5. The van der Waals surface area contributed by atoms with Crippen LogP contribution in [0.15, 0.2) is 24.5 Å². The van der Waals surface area contributed by atoms with Gasteiger partial charge >= 0.3 is 5.97 Å². The maximum atomic E-state index is 11.4. The third-order valence-corrected chi connectivity index (χ3v) is 2.98. The lowest BCUT2D eigenvalue weighted by Gasteiger charge is -1.99. The molecular formula is C17H30O2. The van der Waals surface area contributed by atoms with Crippen molar-refractivity contribution in [3.05, 3.63) is 24.5 Å². The van der Waals surface area contributed by atoms with Crippen molar-refractivity contribution in [1.29, 1.82) is 0 Å². The third kappa shape index (κ3) is 14.9. The summed E-state index contributed by atoms with van der Waals surface area (Å²) in [5.41, 5.74) is 0. The molecule has 0 unspecified atom stereocenters. The van der Waals surface area contributed by atoms with E-state index < -0.39 is 0 Å². The van der Waals surface area contributed by atoms with Crippen molar-refractivity contribution >= 4 is 5.97 Å². The van der Waals surface area contributed by atoms with Gasteiger partial charge in [-0.05, 0) is 25.3 Å². The molecule has 0 aromatic rings. The minimum absolute atomic E-state index is 0.118. The Hall–Kier alpha value is -1.05. The molecular weight excluding hydrogens is 236 g/mol. The first-order valence-electron chi connectivity index (χ1n) is 7.82. The Morgan fingerprint density at radius 1 is 0.895 bits per heavy atom. The van der Waals surface area contributed by atoms with Crippen molar-refractivity contribution in [2.45, 2.75) is 78.1 Å². The van der Waals surface area contributed by atoms with Crippen molar-refractivity contribution in [2.24, 2.45) is 0 Å². The zero-order valence-electron chi connectivity index (χ0n) is 12.7. The molecule has 0 saturated heterocycles. The molecule has 2 heteroatoms. The van der Waals surface area contributed by atoms with Gasteiger partial charge in [-0.15, -0.1) is 0 Å². The standard InChI is InChI=1S/C17H30O2/c1-3-5-7-9-10-12-14-16-19-17(18)15-13-11-8-6-4-2/h10,12,14,16H,3-9,11,13,15H2,1-2H3/b12-10-,16-14-. The van der Waals surface area contributed by atoms with Crippen LogP contribution < -0.4 is 0 Å². The van der Waals surface area contributed by atoms with Crippen molar-refractivity contribution in [3.8, 4) is 0 Å². The van der Waals surface area contributed by atoms with Crippen molar-refractivity contribution in [1.82, 2.24) is 0 Å². The molecule has 0 rings (SSSR count). The molecule has 0 spiro atoms. The minimum atomic E-state index is -0.118. The van der Waals surface area contributed by atoms with E-state index in [2.05, 4.69) is 19.9 Å². The maximum absolute atomic E-state index is 11.4. The van der Waals surface area contributed by atoms with E-state index in [9.17, 15) is 4.79 Å². The minimum Gasteiger partial charge on any atom is -0.434 e.